The highest BCUT2D eigenvalue weighted by molar-refractivity contribution is 5.85. The van der Waals surface area contributed by atoms with Gasteiger partial charge in [0.05, 0.1) is 25.0 Å². The molecule has 1 atom stereocenters. The van der Waals surface area contributed by atoms with Crippen molar-refractivity contribution >= 4 is 5.97 Å². The first-order chi connectivity index (χ1) is 11.7. The fourth-order valence-electron chi connectivity index (χ4n) is 3.21. The second-order valence-electron chi connectivity index (χ2n) is 6.31. The van der Waals surface area contributed by atoms with Gasteiger partial charge in [-0.1, -0.05) is 6.07 Å². The molecule has 0 bridgehead atoms. The SMILES string of the molecule is O=C(O)c1cccc(CN2CCCO[C@H](CN3CCOCC3)C2)n1. The van der Waals surface area contributed by atoms with Gasteiger partial charge in [0.25, 0.3) is 0 Å². The van der Waals surface area contributed by atoms with E-state index in [1.54, 1.807) is 6.07 Å². The molecule has 3 heterocycles. The highest BCUT2D eigenvalue weighted by Gasteiger charge is 2.23. The number of morpholine rings is 1. The van der Waals surface area contributed by atoms with E-state index in [0.29, 0.717) is 6.54 Å². The Bertz CT molecular complexity index is 548. The first-order valence-corrected chi connectivity index (χ1v) is 8.54. The van der Waals surface area contributed by atoms with Crippen LogP contribution in [-0.4, -0.2) is 84.5 Å². The number of nitrogens with zero attached hydrogens (tertiary/aromatic N) is 3. The molecule has 2 fully saturated rings. The number of carbonyl (C=O) groups is 1. The van der Waals surface area contributed by atoms with Crippen LogP contribution in [0.4, 0.5) is 0 Å². The quantitative estimate of drug-likeness (QED) is 0.849. The second kappa shape index (κ2) is 8.53. The van der Waals surface area contributed by atoms with Crippen LogP contribution >= 0.6 is 0 Å². The van der Waals surface area contributed by atoms with Gasteiger partial charge >= 0.3 is 5.97 Å². The van der Waals surface area contributed by atoms with E-state index in [1.807, 2.05) is 6.07 Å². The smallest absolute Gasteiger partial charge is 0.354 e. The van der Waals surface area contributed by atoms with Gasteiger partial charge in [0.1, 0.15) is 5.69 Å². The molecule has 2 aliphatic heterocycles. The van der Waals surface area contributed by atoms with Gasteiger partial charge in [0.2, 0.25) is 0 Å². The molecule has 1 aromatic heterocycles. The molecule has 0 saturated carbocycles. The Balaban J connectivity index is 1.58. The van der Waals surface area contributed by atoms with Crippen molar-refractivity contribution in [3.63, 3.8) is 0 Å². The first kappa shape index (κ1) is 17.3. The zero-order valence-corrected chi connectivity index (χ0v) is 13.9. The molecular weight excluding hydrogens is 310 g/mol. The third kappa shape index (κ3) is 4.98. The molecule has 132 valence electrons. The second-order valence-corrected chi connectivity index (χ2v) is 6.31. The van der Waals surface area contributed by atoms with E-state index in [2.05, 4.69) is 14.8 Å². The van der Waals surface area contributed by atoms with Gasteiger partial charge in [0, 0.05) is 45.9 Å². The molecule has 0 spiro atoms. The zero-order chi connectivity index (χ0) is 16.8. The summed E-state index contributed by atoms with van der Waals surface area (Å²) in [6, 6.07) is 5.17. The topological polar surface area (TPSA) is 75.1 Å². The Labute approximate surface area is 142 Å². The van der Waals surface area contributed by atoms with Gasteiger partial charge in [0.15, 0.2) is 0 Å². The summed E-state index contributed by atoms with van der Waals surface area (Å²) < 4.78 is 11.4. The van der Waals surface area contributed by atoms with E-state index < -0.39 is 5.97 Å². The lowest BCUT2D eigenvalue weighted by atomic mass is 10.2. The Hall–Kier alpha value is -1.54. The maximum atomic E-state index is 11.1. The Kier molecular flexibility index (Phi) is 6.14. The molecule has 0 aliphatic carbocycles. The van der Waals surface area contributed by atoms with E-state index in [-0.39, 0.29) is 11.8 Å². The molecule has 3 rings (SSSR count). The van der Waals surface area contributed by atoms with Crippen LogP contribution in [0.2, 0.25) is 0 Å². The van der Waals surface area contributed by atoms with Gasteiger partial charge in [-0.05, 0) is 18.6 Å². The number of aromatic carboxylic acids is 1. The maximum Gasteiger partial charge on any atom is 0.354 e. The van der Waals surface area contributed by atoms with Crippen molar-refractivity contribution in [1.29, 1.82) is 0 Å². The van der Waals surface area contributed by atoms with Crippen molar-refractivity contribution in [2.75, 3.05) is 52.5 Å². The van der Waals surface area contributed by atoms with Gasteiger partial charge in [-0.2, -0.15) is 0 Å². The number of hydrogen-bond donors (Lipinski definition) is 1. The van der Waals surface area contributed by atoms with Crippen LogP contribution in [-0.2, 0) is 16.0 Å². The minimum absolute atomic E-state index is 0.100. The molecule has 0 radical (unpaired) electrons. The van der Waals surface area contributed by atoms with Crippen LogP contribution in [0.15, 0.2) is 18.2 Å². The summed E-state index contributed by atoms with van der Waals surface area (Å²) in [6.07, 6.45) is 1.16. The summed E-state index contributed by atoms with van der Waals surface area (Å²) in [7, 11) is 0. The van der Waals surface area contributed by atoms with Crippen LogP contribution in [0, 0.1) is 0 Å². The van der Waals surface area contributed by atoms with E-state index in [1.165, 1.54) is 6.07 Å². The number of hydrogen-bond acceptors (Lipinski definition) is 6. The summed E-state index contributed by atoms with van der Waals surface area (Å²) >= 11 is 0. The molecule has 0 amide bonds. The fraction of sp³-hybridized carbons (Fsp3) is 0.647. The molecule has 7 nitrogen and oxygen atoms in total. The molecule has 0 aromatic carbocycles. The third-order valence-electron chi connectivity index (χ3n) is 4.41. The lowest BCUT2D eigenvalue weighted by molar-refractivity contribution is -0.0123. The normalized spacial score (nSPS) is 23.8. The molecule has 7 heteroatoms. The zero-order valence-electron chi connectivity index (χ0n) is 13.9. The summed E-state index contributed by atoms with van der Waals surface area (Å²) in [5.41, 5.74) is 0.894. The number of ether oxygens (including phenoxy) is 2. The minimum Gasteiger partial charge on any atom is -0.477 e. The highest BCUT2D eigenvalue weighted by Crippen LogP contribution is 2.12. The lowest BCUT2D eigenvalue weighted by Gasteiger charge is -2.31. The number of aromatic nitrogens is 1. The van der Waals surface area contributed by atoms with Crippen molar-refractivity contribution in [3.05, 3.63) is 29.6 Å². The summed E-state index contributed by atoms with van der Waals surface area (Å²) in [4.78, 5) is 20.0. The molecule has 0 unspecified atom stereocenters. The molecule has 1 aromatic rings. The van der Waals surface area contributed by atoms with Gasteiger partial charge in [-0.15, -0.1) is 0 Å². The molecule has 1 N–H and O–H groups in total. The standard InChI is InChI=1S/C17H25N3O4/c21-17(22)16-4-1-3-14(18-16)11-20-5-2-8-24-15(13-20)12-19-6-9-23-10-7-19/h1,3-4,15H,2,5-13H2,(H,21,22)/t15-/m1/s1. The van der Waals surface area contributed by atoms with E-state index in [9.17, 15) is 4.79 Å². The predicted octanol–water partition coefficient (Wildman–Crippen LogP) is 0.703. The number of carboxylic acid groups (broad SMARTS) is 1. The summed E-state index contributed by atoms with van der Waals surface area (Å²) in [6.45, 7) is 7.64. The van der Waals surface area contributed by atoms with Crippen LogP contribution in [0.5, 0.6) is 0 Å². The van der Waals surface area contributed by atoms with E-state index in [0.717, 1.165) is 64.7 Å². The molecular formula is C17H25N3O4. The number of carboxylic acids is 1. The Morgan fingerprint density at radius 2 is 2.04 bits per heavy atom. The van der Waals surface area contributed by atoms with Crippen molar-refractivity contribution in [3.8, 4) is 0 Å². The average Bonchev–Trinajstić information content (AvgIpc) is 2.81. The van der Waals surface area contributed by atoms with E-state index >= 15 is 0 Å². The minimum atomic E-state index is -0.985. The monoisotopic (exact) mass is 335 g/mol. The van der Waals surface area contributed by atoms with Crippen molar-refractivity contribution in [2.24, 2.45) is 0 Å². The summed E-state index contributed by atoms with van der Waals surface area (Å²) in [5, 5.41) is 9.07. The molecule has 24 heavy (non-hydrogen) atoms. The van der Waals surface area contributed by atoms with Crippen molar-refractivity contribution in [1.82, 2.24) is 14.8 Å². The predicted molar refractivity (Wildman–Crippen MR) is 88.1 cm³/mol. The average molecular weight is 335 g/mol. The van der Waals surface area contributed by atoms with Gasteiger partial charge in [-0.25, -0.2) is 9.78 Å². The number of pyridine rings is 1. The molecule has 2 aliphatic rings. The summed E-state index contributed by atoms with van der Waals surface area (Å²) in [5.74, 6) is -0.985. The van der Waals surface area contributed by atoms with Crippen LogP contribution in [0.1, 0.15) is 22.6 Å². The Morgan fingerprint density at radius 3 is 2.83 bits per heavy atom. The maximum absolute atomic E-state index is 11.1. The van der Waals surface area contributed by atoms with Crippen LogP contribution in [0.3, 0.4) is 0 Å². The lowest BCUT2D eigenvalue weighted by Crippen LogP contribution is -2.44. The van der Waals surface area contributed by atoms with Gasteiger partial charge < -0.3 is 14.6 Å². The van der Waals surface area contributed by atoms with Gasteiger partial charge in [-0.3, -0.25) is 9.80 Å². The highest BCUT2D eigenvalue weighted by atomic mass is 16.5. The van der Waals surface area contributed by atoms with Crippen LogP contribution < -0.4 is 0 Å². The Morgan fingerprint density at radius 1 is 1.21 bits per heavy atom. The van der Waals surface area contributed by atoms with Crippen molar-refractivity contribution < 1.29 is 19.4 Å². The molecule has 2 saturated heterocycles. The largest absolute Gasteiger partial charge is 0.477 e. The fourth-order valence-corrected chi connectivity index (χ4v) is 3.21. The number of rotatable bonds is 5. The first-order valence-electron chi connectivity index (χ1n) is 8.54. The van der Waals surface area contributed by atoms with E-state index in [4.69, 9.17) is 14.6 Å². The van der Waals surface area contributed by atoms with Crippen molar-refractivity contribution in [2.45, 2.75) is 19.1 Å². The van der Waals surface area contributed by atoms with Crippen LogP contribution in [0.25, 0.3) is 0 Å². The third-order valence-corrected chi connectivity index (χ3v) is 4.41.